The third-order valence-electron chi connectivity index (χ3n) is 3.51. The first-order valence-corrected chi connectivity index (χ1v) is 5.19. The van der Waals surface area contributed by atoms with Crippen LogP contribution >= 0.6 is 0 Å². The second kappa shape index (κ2) is 3.00. The number of nitrogens with one attached hydrogen (secondary N) is 1. The minimum absolute atomic E-state index is 0.165. The lowest BCUT2D eigenvalue weighted by atomic mass is 9.78. The maximum atomic E-state index is 6.08. The van der Waals surface area contributed by atoms with Crippen LogP contribution in [0.1, 0.15) is 32.6 Å². The van der Waals surface area contributed by atoms with Crippen LogP contribution in [0.5, 0.6) is 0 Å². The first-order valence-electron chi connectivity index (χ1n) is 5.19. The van der Waals surface area contributed by atoms with Crippen molar-refractivity contribution in [2.75, 3.05) is 13.1 Å². The Hall–Kier alpha value is -0.0800. The van der Waals surface area contributed by atoms with Gasteiger partial charge in [0.05, 0.1) is 0 Å². The van der Waals surface area contributed by atoms with E-state index in [1.807, 2.05) is 0 Å². The largest absolute Gasteiger partial charge is 0.324 e. The summed E-state index contributed by atoms with van der Waals surface area (Å²) in [6, 6.07) is 0. The lowest BCUT2D eigenvalue weighted by Crippen LogP contribution is -2.54. The van der Waals surface area contributed by atoms with Gasteiger partial charge >= 0.3 is 0 Å². The van der Waals surface area contributed by atoms with Crippen molar-refractivity contribution in [2.45, 2.75) is 38.1 Å². The lowest BCUT2D eigenvalue weighted by molar-refractivity contribution is 0.238. The molecular weight excluding hydrogens is 148 g/mol. The number of hydrogen-bond donors (Lipinski definition) is 2. The summed E-state index contributed by atoms with van der Waals surface area (Å²) in [7, 11) is 0. The molecule has 0 spiro atoms. The van der Waals surface area contributed by atoms with Gasteiger partial charge in [-0.1, -0.05) is 6.92 Å². The van der Waals surface area contributed by atoms with E-state index in [1.54, 1.807) is 0 Å². The summed E-state index contributed by atoms with van der Waals surface area (Å²) in [6.07, 6.45) is 5.20. The zero-order valence-electron chi connectivity index (χ0n) is 7.97. The molecule has 0 aromatic heterocycles. The fourth-order valence-electron chi connectivity index (χ4n) is 2.00. The zero-order valence-corrected chi connectivity index (χ0v) is 7.97. The van der Waals surface area contributed by atoms with Crippen molar-refractivity contribution in [2.24, 2.45) is 17.6 Å². The molecule has 0 heterocycles. The molecule has 2 fully saturated rings. The molecule has 0 aromatic rings. The van der Waals surface area contributed by atoms with E-state index in [9.17, 15) is 0 Å². The molecule has 2 nitrogen and oxygen atoms in total. The maximum absolute atomic E-state index is 6.08. The molecule has 0 amide bonds. The maximum Gasteiger partial charge on any atom is 0.0280 e. The molecule has 2 aliphatic carbocycles. The monoisotopic (exact) mass is 168 g/mol. The van der Waals surface area contributed by atoms with Gasteiger partial charge in [-0.15, -0.1) is 0 Å². The van der Waals surface area contributed by atoms with Gasteiger partial charge < -0.3 is 11.1 Å². The van der Waals surface area contributed by atoms with Crippen molar-refractivity contribution < 1.29 is 0 Å². The van der Waals surface area contributed by atoms with E-state index in [1.165, 1.54) is 32.2 Å². The Morgan fingerprint density at radius 1 is 1.50 bits per heavy atom. The molecule has 2 unspecified atom stereocenters. The summed E-state index contributed by atoms with van der Waals surface area (Å²) in [5.74, 6) is 1.92. The van der Waals surface area contributed by atoms with E-state index in [4.69, 9.17) is 5.73 Å². The molecule has 70 valence electrons. The average molecular weight is 168 g/mol. The van der Waals surface area contributed by atoms with E-state index >= 15 is 0 Å². The summed E-state index contributed by atoms with van der Waals surface area (Å²) in [6.45, 7) is 4.56. The molecule has 2 atom stereocenters. The average Bonchev–Trinajstić information content (AvgIpc) is 2.63. The van der Waals surface area contributed by atoms with Gasteiger partial charge in [0.2, 0.25) is 0 Å². The van der Waals surface area contributed by atoms with Crippen LogP contribution in [0.25, 0.3) is 0 Å². The molecular formula is C10H20N2. The molecule has 0 radical (unpaired) electrons. The molecule has 2 rings (SSSR count). The zero-order chi connectivity index (χ0) is 8.60. The normalized spacial score (nSPS) is 37.5. The minimum atomic E-state index is 0.165. The van der Waals surface area contributed by atoms with Crippen LogP contribution in [0.15, 0.2) is 0 Å². The summed E-state index contributed by atoms with van der Waals surface area (Å²) in [5.41, 5.74) is 6.25. The third-order valence-corrected chi connectivity index (χ3v) is 3.51. The standard InChI is InChI=1S/C10H20N2/c1-8-5-9(8)6-12-7-10(11)3-2-4-10/h8-9,12H,2-7,11H2,1H3. The van der Waals surface area contributed by atoms with Crippen molar-refractivity contribution in [3.05, 3.63) is 0 Å². The second-order valence-corrected chi connectivity index (χ2v) is 4.82. The van der Waals surface area contributed by atoms with Gasteiger partial charge in [0, 0.05) is 12.1 Å². The number of rotatable bonds is 4. The molecule has 12 heavy (non-hydrogen) atoms. The smallest absolute Gasteiger partial charge is 0.0280 e. The van der Waals surface area contributed by atoms with E-state index in [-0.39, 0.29) is 5.54 Å². The molecule has 2 heteroatoms. The Morgan fingerprint density at radius 2 is 2.17 bits per heavy atom. The van der Waals surface area contributed by atoms with E-state index in [2.05, 4.69) is 12.2 Å². The third kappa shape index (κ3) is 1.80. The van der Waals surface area contributed by atoms with E-state index in [0.29, 0.717) is 0 Å². The number of hydrogen-bond acceptors (Lipinski definition) is 2. The van der Waals surface area contributed by atoms with Gasteiger partial charge in [-0.25, -0.2) is 0 Å². The first kappa shape index (κ1) is 8.52. The van der Waals surface area contributed by atoms with Gasteiger partial charge in [-0.05, 0) is 44.1 Å². The molecule has 2 saturated carbocycles. The highest BCUT2D eigenvalue weighted by atomic mass is 15.0. The van der Waals surface area contributed by atoms with Crippen LogP contribution in [-0.2, 0) is 0 Å². The Balaban J connectivity index is 1.56. The highest BCUT2D eigenvalue weighted by Gasteiger charge is 2.35. The van der Waals surface area contributed by atoms with Crippen molar-refractivity contribution in [1.82, 2.24) is 5.32 Å². The quantitative estimate of drug-likeness (QED) is 0.660. The first-order chi connectivity index (χ1) is 5.70. The Morgan fingerprint density at radius 3 is 2.58 bits per heavy atom. The Bertz CT molecular complexity index is 163. The molecule has 2 aliphatic rings. The molecule has 0 aromatic carbocycles. The molecule has 0 bridgehead atoms. The summed E-state index contributed by atoms with van der Waals surface area (Å²) >= 11 is 0. The predicted molar refractivity (Wildman–Crippen MR) is 50.9 cm³/mol. The topological polar surface area (TPSA) is 38.0 Å². The Labute approximate surface area is 74.9 Å². The summed E-state index contributed by atoms with van der Waals surface area (Å²) in [5, 5.41) is 3.50. The molecule has 0 saturated heterocycles. The van der Waals surface area contributed by atoms with Crippen molar-refractivity contribution >= 4 is 0 Å². The van der Waals surface area contributed by atoms with Crippen molar-refractivity contribution in [1.29, 1.82) is 0 Å². The molecule has 0 aliphatic heterocycles. The predicted octanol–water partition coefficient (Wildman–Crippen LogP) is 1.11. The summed E-state index contributed by atoms with van der Waals surface area (Å²) < 4.78 is 0. The lowest BCUT2D eigenvalue weighted by Gasteiger charge is -2.38. The van der Waals surface area contributed by atoms with Gasteiger partial charge in [-0.2, -0.15) is 0 Å². The van der Waals surface area contributed by atoms with E-state index < -0.39 is 0 Å². The minimum Gasteiger partial charge on any atom is -0.324 e. The van der Waals surface area contributed by atoms with Crippen LogP contribution < -0.4 is 11.1 Å². The van der Waals surface area contributed by atoms with Crippen LogP contribution in [0.3, 0.4) is 0 Å². The summed E-state index contributed by atoms with van der Waals surface area (Å²) in [4.78, 5) is 0. The van der Waals surface area contributed by atoms with Gasteiger partial charge in [0.15, 0.2) is 0 Å². The second-order valence-electron chi connectivity index (χ2n) is 4.82. The fourth-order valence-corrected chi connectivity index (χ4v) is 2.00. The fraction of sp³-hybridized carbons (Fsp3) is 1.00. The SMILES string of the molecule is CC1CC1CNCC1(N)CCC1. The van der Waals surface area contributed by atoms with Crippen LogP contribution in [0.2, 0.25) is 0 Å². The van der Waals surface area contributed by atoms with Crippen LogP contribution in [0.4, 0.5) is 0 Å². The number of nitrogens with two attached hydrogens (primary N) is 1. The van der Waals surface area contributed by atoms with E-state index in [0.717, 1.165) is 18.4 Å². The van der Waals surface area contributed by atoms with Crippen molar-refractivity contribution in [3.63, 3.8) is 0 Å². The van der Waals surface area contributed by atoms with Gasteiger partial charge in [-0.3, -0.25) is 0 Å². The Kier molecular flexibility index (Phi) is 2.13. The highest BCUT2D eigenvalue weighted by Crippen LogP contribution is 2.37. The van der Waals surface area contributed by atoms with Crippen molar-refractivity contribution in [3.8, 4) is 0 Å². The molecule has 3 N–H and O–H groups in total. The van der Waals surface area contributed by atoms with Crippen LogP contribution in [0, 0.1) is 11.8 Å². The van der Waals surface area contributed by atoms with Gasteiger partial charge in [0.25, 0.3) is 0 Å². The highest BCUT2D eigenvalue weighted by molar-refractivity contribution is 4.95. The van der Waals surface area contributed by atoms with Crippen LogP contribution in [-0.4, -0.2) is 18.6 Å². The van der Waals surface area contributed by atoms with Gasteiger partial charge in [0.1, 0.15) is 0 Å².